The molecule has 4 bridgehead atoms. The summed E-state index contributed by atoms with van der Waals surface area (Å²) >= 11 is 0. The van der Waals surface area contributed by atoms with E-state index in [2.05, 4.69) is 0 Å². The summed E-state index contributed by atoms with van der Waals surface area (Å²) in [6.45, 7) is 0.963. The van der Waals surface area contributed by atoms with E-state index in [1.165, 1.54) is 44.9 Å². The fraction of sp³-hybridized carbons (Fsp3) is 0.632. The first kappa shape index (κ1) is 13.4. The number of para-hydroxylation sites is 1. The predicted molar refractivity (Wildman–Crippen MR) is 85.8 cm³/mol. The van der Waals surface area contributed by atoms with Crippen molar-refractivity contribution in [3.8, 4) is 5.75 Å². The predicted octanol–water partition coefficient (Wildman–Crippen LogP) is 4.42. The van der Waals surface area contributed by atoms with E-state index in [0.717, 1.165) is 29.9 Å². The molecular weight excluding hydrogens is 258 g/mol. The first-order valence-corrected chi connectivity index (χ1v) is 8.50. The van der Waals surface area contributed by atoms with Crippen molar-refractivity contribution < 1.29 is 5.11 Å². The van der Waals surface area contributed by atoms with Crippen LogP contribution in [0.5, 0.6) is 5.75 Å². The van der Waals surface area contributed by atoms with Gasteiger partial charge in [-0.1, -0.05) is 25.0 Å². The van der Waals surface area contributed by atoms with Crippen molar-refractivity contribution in [3.63, 3.8) is 0 Å². The topological polar surface area (TPSA) is 32.6 Å². The summed E-state index contributed by atoms with van der Waals surface area (Å²) in [6, 6.07) is 7.48. The van der Waals surface area contributed by atoms with E-state index in [0.29, 0.717) is 11.2 Å². The Morgan fingerprint density at radius 2 is 1.71 bits per heavy atom. The maximum atomic E-state index is 9.82. The zero-order valence-electron chi connectivity index (χ0n) is 12.7. The van der Waals surface area contributed by atoms with Crippen LogP contribution in [0.2, 0.25) is 0 Å². The molecule has 4 fully saturated rings. The number of phenols is 1. The van der Waals surface area contributed by atoms with Gasteiger partial charge in [0.2, 0.25) is 0 Å². The van der Waals surface area contributed by atoms with Gasteiger partial charge in [-0.25, -0.2) is 0 Å². The van der Waals surface area contributed by atoms with Crippen molar-refractivity contribution >= 4 is 6.21 Å². The lowest BCUT2D eigenvalue weighted by molar-refractivity contribution is 0.0428. The van der Waals surface area contributed by atoms with Gasteiger partial charge in [0, 0.05) is 18.3 Å². The molecular formula is C19H25NO. The van der Waals surface area contributed by atoms with Crippen molar-refractivity contribution in [1.29, 1.82) is 0 Å². The smallest absolute Gasteiger partial charge is 0.124 e. The third-order valence-corrected chi connectivity index (χ3v) is 6.08. The Morgan fingerprint density at radius 3 is 2.43 bits per heavy atom. The van der Waals surface area contributed by atoms with Crippen LogP contribution in [-0.2, 0) is 0 Å². The lowest BCUT2D eigenvalue weighted by Crippen LogP contribution is -2.39. The molecule has 112 valence electrons. The molecule has 1 N–H and O–H groups in total. The molecule has 0 aromatic heterocycles. The minimum atomic E-state index is 0.337. The van der Waals surface area contributed by atoms with Gasteiger partial charge in [-0.3, -0.25) is 4.99 Å². The molecule has 4 saturated carbocycles. The van der Waals surface area contributed by atoms with Crippen molar-refractivity contribution in [2.75, 3.05) is 6.54 Å². The van der Waals surface area contributed by atoms with E-state index in [-0.39, 0.29) is 0 Å². The summed E-state index contributed by atoms with van der Waals surface area (Å²) in [5, 5.41) is 9.82. The van der Waals surface area contributed by atoms with E-state index in [9.17, 15) is 5.11 Å². The highest BCUT2D eigenvalue weighted by molar-refractivity contribution is 5.83. The maximum Gasteiger partial charge on any atom is 0.124 e. The van der Waals surface area contributed by atoms with Crippen molar-refractivity contribution in [2.45, 2.75) is 44.9 Å². The molecule has 2 heteroatoms. The van der Waals surface area contributed by atoms with Crippen LogP contribution in [0, 0.1) is 23.2 Å². The summed E-state index contributed by atoms with van der Waals surface area (Å²) in [4.78, 5) is 4.75. The Balaban J connectivity index is 1.50. The second-order valence-corrected chi connectivity index (χ2v) is 7.79. The highest BCUT2D eigenvalue weighted by atomic mass is 16.3. The Kier molecular flexibility index (Phi) is 3.28. The number of nitrogens with zero attached hydrogens (tertiary/aromatic N) is 1. The minimum Gasteiger partial charge on any atom is -0.507 e. The lowest BCUT2D eigenvalue weighted by atomic mass is 9.58. The molecule has 2 nitrogen and oxygen atoms in total. The van der Waals surface area contributed by atoms with Gasteiger partial charge in [-0.2, -0.15) is 0 Å². The summed E-state index contributed by atoms with van der Waals surface area (Å²) in [6.07, 6.45) is 12.0. The van der Waals surface area contributed by atoms with Gasteiger partial charge < -0.3 is 5.11 Å². The number of phenolic OH excluding ortho intramolecular Hbond substituents is 1. The molecule has 0 aliphatic heterocycles. The van der Waals surface area contributed by atoms with Crippen molar-refractivity contribution in [3.05, 3.63) is 29.8 Å². The van der Waals surface area contributed by atoms with Crippen LogP contribution in [0.3, 0.4) is 0 Å². The molecule has 4 aliphatic carbocycles. The highest BCUT2D eigenvalue weighted by Crippen LogP contribution is 2.57. The number of aliphatic imine (C=N–C) groups is 1. The third kappa shape index (κ3) is 2.61. The van der Waals surface area contributed by atoms with Crippen molar-refractivity contribution in [2.24, 2.45) is 28.2 Å². The molecule has 0 amide bonds. The molecule has 1 aromatic rings. The van der Waals surface area contributed by atoms with Crippen LogP contribution in [0.25, 0.3) is 0 Å². The largest absolute Gasteiger partial charge is 0.507 e. The van der Waals surface area contributed by atoms with Crippen LogP contribution < -0.4 is 0 Å². The molecule has 4 aliphatic rings. The number of hydrogen-bond acceptors (Lipinski definition) is 2. The molecule has 0 saturated heterocycles. The molecule has 5 rings (SSSR count). The second kappa shape index (κ2) is 5.15. The minimum absolute atomic E-state index is 0.337. The number of fused-ring (bicyclic) bond motifs is 1. The van der Waals surface area contributed by atoms with Gasteiger partial charge in [0.1, 0.15) is 5.75 Å². The molecule has 2 unspecified atom stereocenters. The van der Waals surface area contributed by atoms with Gasteiger partial charge in [0.25, 0.3) is 0 Å². The van der Waals surface area contributed by atoms with Crippen molar-refractivity contribution in [1.82, 2.24) is 0 Å². The van der Waals surface area contributed by atoms with E-state index in [4.69, 9.17) is 4.99 Å². The average Bonchev–Trinajstić information content (AvgIpc) is 2.67. The second-order valence-electron chi connectivity index (χ2n) is 7.79. The zero-order valence-corrected chi connectivity index (χ0v) is 12.7. The number of rotatable bonds is 3. The van der Waals surface area contributed by atoms with Crippen LogP contribution >= 0.6 is 0 Å². The van der Waals surface area contributed by atoms with E-state index >= 15 is 0 Å². The Bertz CT molecular complexity index is 534. The number of hydrogen-bond donors (Lipinski definition) is 1. The van der Waals surface area contributed by atoms with E-state index in [1.807, 2.05) is 24.4 Å². The number of benzene rings is 1. The zero-order chi connectivity index (χ0) is 14.3. The average molecular weight is 283 g/mol. The Labute approximate surface area is 127 Å². The Morgan fingerprint density at radius 1 is 1.05 bits per heavy atom. The fourth-order valence-corrected chi connectivity index (χ4v) is 5.50. The molecule has 0 spiro atoms. The summed E-state index contributed by atoms with van der Waals surface area (Å²) in [5.41, 5.74) is 1.33. The third-order valence-electron chi connectivity index (χ3n) is 6.08. The van der Waals surface area contributed by atoms with Gasteiger partial charge in [0.15, 0.2) is 0 Å². The van der Waals surface area contributed by atoms with Gasteiger partial charge in [-0.05, 0) is 67.4 Å². The first-order valence-electron chi connectivity index (χ1n) is 8.50. The maximum absolute atomic E-state index is 9.82. The standard InChI is InChI=1S/C19H25NO/c21-18-4-2-1-3-17(18)12-20-13-19-9-14-5-6-15(10-19)8-16(7-14)11-19/h1-4,12,14-16,21H,5-11,13H2/t14-,15+,16?,19?. The van der Waals surface area contributed by atoms with Gasteiger partial charge >= 0.3 is 0 Å². The van der Waals surface area contributed by atoms with Crippen LogP contribution in [0.1, 0.15) is 50.5 Å². The summed E-state index contributed by atoms with van der Waals surface area (Å²) in [7, 11) is 0. The highest BCUT2D eigenvalue weighted by Gasteiger charge is 2.48. The normalized spacial score (nSPS) is 38.0. The Hall–Kier alpha value is -1.31. The molecule has 21 heavy (non-hydrogen) atoms. The lowest BCUT2D eigenvalue weighted by Gasteiger charge is -2.47. The molecule has 0 radical (unpaired) electrons. The van der Waals surface area contributed by atoms with Crippen LogP contribution in [0.15, 0.2) is 29.3 Å². The van der Waals surface area contributed by atoms with Crippen LogP contribution in [-0.4, -0.2) is 17.9 Å². The summed E-state index contributed by atoms with van der Waals surface area (Å²) < 4.78 is 0. The monoisotopic (exact) mass is 283 g/mol. The van der Waals surface area contributed by atoms with Gasteiger partial charge in [0.05, 0.1) is 0 Å². The fourth-order valence-electron chi connectivity index (χ4n) is 5.50. The SMILES string of the molecule is Oc1ccccc1C=NCC12CC3C[C@@H](CC[C@@H](C3)C1)C2. The quantitative estimate of drug-likeness (QED) is 0.818. The van der Waals surface area contributed by atoms with E-state index in [1.54, 1.807) is 6.07 Å². The molecule has 4 atom stereocenters. The van der Waals surface area contributed by atoms with Gasteiger partial charge in [-0.15, -0.1) is 0 Å². The van der Waals surface area contributed by atoms with Crippen LogP contribution in [0.4, 0.5) is 0 Å². The number of aromatic hydroxyl groups is 1. The first-order chi connectivity index (χ1) is 10.2. The molecule has 1 aromatic carbocycles. The molecule has 0 heterocycles. The summed E-state index contributed by atoms with van der Waals surface area (Å²) in [5.74, 6) is 3.25. The van der Waals surface area contributed by atoms with E-state index < -0.39 is 0 Å².